The van der Waals surface area contributed by atoms with E-state index in [9.17, 15) is 0 Å². The zero-order valence-corrected chi connectivity index (χ0v) is 18.1. The third-order valence-corrected chi connectivity index (χ3v) is 7.76. The molecule has 0 saturated carbocycles. The Labute approximate surface area is 178 Å². The predicted octanol–water partition coefficient (Wildman–Crippen LogP) is 3.32. The molecule has 0 amide bonds. The van der Waals surface area contributed by atoms with Crippen molar-refractivity contribution in [2.24, 2.45) is 0 Å². The molecule has 29 heavy (non-hydrogen) atoms. The molecule has 6 nitrogen and oxygen atoms in total. The molecule has 1 aromatic carbocycles. The quantitative estimate of drug-likeness (QED) is 0.767. The van der Waals surface area contributed by atoms with E-state index in [1.807, 2.05) is 0 Å². The Morgan fingerprint density at radius 3 is 1.90 bits per heavy atom. The number of hydrogen-bond donors (Lipinski definition) is 0. The van der Waals surface area contributed by atoms with Crippen molar-refractivity contribution in [2.75, 3.05) is 67.1 Å². The van der Waals surface area contributed by atoms with Crippen molar-refractivity contribution in [1.29, 1.82) is 0 Å². The van der Waals surface area contributed by atoms with Gasteiger partial charge < -0.3 is 19.6 Å². The lowest BCUT2D eigenvalue weighted by Gasteiger charge is -2.40. The Kier molecular flexibility index (Phi) is 5.85. The zero-order valence-electron chi connectivity index (χ0n) is 17.2. The smallest absolute Gasteiger partial charge is 0.210 e. The molecular weight excluding hydrogens is 380 g/mol. The van der Waals surface area contributed by atoms with Crippen molar-refractivity contribution in [2.45, 2.75) is 38.1 Å². The summed E-state index contributed by atoms with van der Waals surface area (Å²) in [5, 5.41) is 11.3. The van der Waals surface area contributed by atoms with Crippen LogP contribution in [0.5, 0.6) is 0 Å². The molecule has 0 aliphatic carbocycles. The first-order valence-corrected chi connectivity index (χ1v) is 12.1. The van der Waals surface area contributed by atoms with E-state index in [4.69, 9.17) is 0 Å². The van der Waals surface area contributed by atoms with Crippen LogP contribution in [0.2, 0.25) is 0 Å². The van der Waals surface area contributed by atoms with Crippen LogP contribution in [0.4, 0.5) is 16.0 Å². The number of piperidine rings is 2. The summed E-state index contributed by atoms with van der Waals surface area (Å²) >= 11 is 1.78. The molecule has 1 aromatic heterocycles. The summed E-state index contributed by atoms with van der Waals surface area (Å²) in [6.07, 6.45) is 6.73. The fraction of sp³-hybridized carbons (Fsp3) is 0.636. The van der Waals surface area contributed by atoms with Crippen LogP contribution in [0.15, 0.2) is 30.3 Å². The summed E-state index contributed by atoms with van der Waals surface area (Å²) < 4.78 is 0. The number of piperazine rings is 1. The maximum Gasteiger partial charge on any atom is 0.210 e. The minimum absolute atomic E-state index is 0.782. The van der Waals surface area contributed by atoms with Gasteiger partial charge in [-0.3, -0.25) is 0 Å². The normalized spacial score (nSPS) is 22.3. The van der Waals surface area contributed by atoms with Gasteiger partial charge in [-0.25, -0.2) is 0 Å². The first kappa shape index (κ1) is 19.1. The summed E-state index contributed by atoms with van der Waals surface area (Å²) in [7, 11) is 0. The van der Waals surface area contributed by atoms with E-state index in [0.29, 0.717) is 0 Å². The molecule has 0 bridgehead atoms. The van der Waals surface area contributed by atoms with E-state index in [0.717, 1.165) is 55.6 Å². The third kappa shape index (κ3) is 4.36. The van der Waals surface area contributed by atoms with Crippen LogP contribution in [0.25, 0.3) is 0 Å². The Morgan fingerprint density at radius 2 is 1.24 bits per heavy atom. The second-order valence-corrected chi connectivity index (χ2v) is 9.43. The highest BCUT2D eigenvalue weighted by molar-refractivity contribution is 7.19. The summed E-state index contributed by atoms with van der Waals surface area (Å²) in [5.74, 6) is 0. The summed E-state index contributed by atoms with van der Waals surface area (Å²) in [5.41, 5.74) is 1.32. The number of benzene rings is 1. The number of anilines is 3. The van der Waals surface area contributed by atoms with Crippen LogP contribution in [0.3, 0.4) is 0 Å². The van der Waals surface area contributed by atoms with E-state index < -0.39 is 0 Å². The van der Waals surface area contributed by atoms with Crippen molar-refractivity contribution < 1.29 is 0 Å². The molecular formula is C22H32N6S. The van der Waals surface area contributed by atoms with Gasteiger partial charge in [0.05, 0.1) is 0 Å². The molecule has 3 aliphatic rings. The van der Waals surface area contributed by atoms with Gasteiger partial charge in [0, 0.05) is 51.0 Å². The second-order valence-electron chi connectivity index (χ2n) is 8.49. The third-order valence-electron chi connectivity index (χ3n) is 6.72. The molecule has 3 saturated heterocycles. The molecule has 0 unspecified atom stereocenters. The Bertz CT molecular complexity index is 759. The molecule has 0 radical (unpaired) electrons. The molecule has 0 N–H and O–H groups in total. The van der Waals surface area contributed by atoms with Crippen LogP contribution in [-0.2, 0) is 0 Å². The summed E-state index contributed by atoms with van der Waals surface area (Å²) in [6.45, 7) is 8.97. The minimum atomic E-state index is 0.782. The highest BCUT2D eigenvalue weighted by atomic mass is 32.1. The highest BCUT2D eigenvalue weighted by Crippen LogP contribution is 2.31. The Balaban J connectivity index is 1.14. The van der Waals surface area contributed by atoms with Gasteiger partial charge in [0.1, 0.15) is 0 Å². The maximum absolute atomic E-state index is 4.56. The molecule has 3 aliphatic heterocycles. The highest BCUT2D eigenvalue weighted by Gasteiger charge is 2.28. The number of rotatable bonds is 4. The lowest BCUT2D eigenvalue weighted by atomic mass is 10.0. The standard InChI is InChI=1S/C22H32N6S/c1-3-7-19(8-4-1)26-15-17-28(18-16-26)22-24-23-21(29-22)27-13-9-20(10-14-27)25-11-5-2-6-12-25/h1,3-4,7-8,20H,2,5-6,9-18H2. The van der Waals surface area contributed by atoms with Gasteiger partial charge in [-0.05, 0) is 50.9 Å². The number of nitrogens with zero attached hydrogens (tertiary/aromatic N) is 6. The van der Waals surface area contributed by atoms with Crippen LogP contribution < -0.4 is 14.7 Å². The molecule has 156 valence electrons. The molecule has 4 heterocycles. The lowest BCUT2D eigenvalue weighted by Crippen LogP contribution is -2.46. The lowest BCUT2D eigenvalue weighted by molar-refractivity contribution is 0.141. The average molecular weight is 413 g/mol. The Hall–Kier alpha value is -1.86. The van der Waals surface area contributed by atoms with Crippen molar-refractivity contribution in [3.63, 3.8) is 0 Å². The van der Waals surface area contributed by atoms with E-state index in [1.54, 1.807) is 11.3 Å². The zero-order chi connectivity index (χ0) is 19.5. The van der Waals surface area contributed by atoms with Crippen molar-refractivity contribution in [3.8, 4) is 0 Å². The molecule has 2 aromatic rings. The van der Waals surface area contributed by atoms with Crippen LogP contribution in [-0.4, -0.2) is 73.5 Å². The predicted molar refractivity (Wildman–Crippen MR) is 121 cm³/mol. The minimum Gasteiger partial charge on any atom is -0.368 e. The summed E-state index contributed by atoms with van der Waals surface area (Å²) in [4.78, 5) is 10.1. The molecule has 0 atom stereocenters. The van der Waals surface area contributed by atoms with Crippen LogP contribution in [0, 0.1) is 0 Å². The number of para-hydroxylation sites is 1. The van der Waals surface area contributed by atoms with Crippen LogP contribution in [0.1, 0.15) is 32.1 Å². The first-order valence-electron chi connectivity index (χ1n) is 11.2. The van der Waals surface area contributed by atoms with E-state index >= 15 is 0 Å². The number of hydrogen-bond acceptors (Lipinski definition) is 7. The topological polar surface area (TPSA) is 38.7 Å². The van der Waals surface area contributed by atoms with Gasteiger partial charge in [0.2, 0.25) is 10.3 Å². The number of aromatic nitrogens is 2. The second kappa shape index (κ2) is 8.88. The SMILES string of the molecule is c1ccc(N2CCN(c3nnc(N4CCC(N5CCCCC5)CC4)s3)CC2)cc1. The van der Waals surface area contributed by atoms with Crippen molar-refractivity contribution in [1.82, 2.24) is 15.1 Å². The van der Waals surface area contributed by atoms with Gasteiger partial charge in [-0.15, -0.1) is 10.2 Å². The van der Waals surface area contributed by atoms with E-state index in [1.165, 1.54) is 50.9 Å². The molecule has 3 fully saturated rings. The van der Waals surface area contributed by atoms with E-state index in [2.05, 4.69) is 60.1 Å². The maximum atomic E-state index is 4.56. The van der Waals surface area contributed by atoms with Gasteiger partial charge in [0.15, 0.2) is 0 Å². The van der Waals surface area contributed by atoms with Gasteiger partial charge in [-0.2, -0.15) is 0 Å². The van der Waals surface area contributed by atoms with Crippen molar-refractivity contribution >= 4 is 27.3 Å². The number of likely N-dealkylation sites (tertiary alicyclic amines) is 1. The van der Waals surface area contributed by atoms with Gasteiger partial charge >= 0.3 is 0 Å². The summed E-state index contributed by atoms with van der Waals surface area (Å²) in [6, 6.07) is 11.5. The molecule has 5 rings (SSSR count). The van der Waals surface area contributed by atoms with Gasteiger partial charge in [-0.1, -0.05) is 36.0 Å². The average Bonchev–Trinajstić information content (AvgIpc) is 3.31. The molecule has 0 spiro atoms. The van der Waals surface area contributed by atoms with Crippen LogP contribution >= 0.6 is 11.3 Å². The monoisotopic (exact) mass is 412 g/mol. The van der Waals surface area contributed by atoms with E-state index in [-0.39, 0.29) is 0 Å². The fourth-order valence-corrected chi connectivity index (χ4v) is 5.91. The Morgan fingerprint density at radius 1 is 0.655 bits per heavy atom. The van der Waals surface area contributed by atoms with Crippen molar-refractivity contribution in [3.05, 3.63) is 30.3 Å². The molecule has 7 heteroatoms. The fourth-order valence-electron chi connectivity index (χ4n) is 4.96. The first-order chi connectivity index (χ1) is 14.4. The van der Waals surface area contributed by atoms with Gasteiger partial charge in [0.25, 0.3) is 0 Å². The largest absolute Gasteiger partial charge is 0.368 e.